The van der Waals surface area contributed by atoms with Crippen LogP contribution in [-0.2, 0) is 28.6 Å². The molecule has 0 saturated carbocycles. The molecule has 0 aliphatic heterocycles. The summed E-state index contributed by atoms with van der Waals surface area (Å²) < 4.78 is 16.6. The Morgan fingerprint density at radius 2 is 0.660 bits per heavy atom. The van der Waals surface area contributed by atoms with Crippen molar-refractivity contribution >= 4 is 17.9 Å². The number of rotatable bonds is 39. The summed E-state index contributed by atoms with van der Waals surface area (Å²) in [6, 6.07) is 0. The van der Waals surface area contributed by atoms with E-state index in [9.17, 15) is 14.4 Å². The van der Waals surface area contributed by atoms with Crippen molar-refractivity contribution in [3.63, 3.8) is 0 Å². The Bertz CT molecular complexity index is 778. The van der Waals surface area contributed by atoms with Crippen LogP contribution in [0, 0.1) is 0 Å². The number of ether oxygens (including phenoxy) is 3. The molecule has 0 aromatic heterocycles. The standard InChI is InChI=1S/C44H82O6/c1-4-7-10-13-16-18-20-21-22-24-25-28-31-34-37-43(46)49-40-41(39-48-42(45)36-33-30-27-15-12-9-6-3)50-44(47)38-35-32-29-26-23-19-17-14-11-8-5-2/h20-21,41H,4-19,22-40H2,1-3H3/b21-20-. The molecule has 50 heavy (non-hydrogen) atoms. The Kier molecular flexibility index (Phi) is 38.5. The first kappa shape index (κ1) is 48.1. The van der Waals surface area contributed by atoms with E-state index in [4.69, 9.17) is 14.2 Å². The SMILES string of the molecule is CCCCCCC/C=C\CCCCCCCC(=O)OCC(COC(=O)CCCCCCCCC)OC(=O)CCCCCCCCCCCCC. The number of hydrogen-bond acceptors (Lipinski definition) is 6. The molecular formula is C44H82O6. The summed E-state index contributed by atoms with van der Waals surface area (Å²) in [5.41, 5.74) is 0. The lowest BCUT2D eigenvalue weighted by Crippen LogP contribution is -2.30. The highest BCUT2D eigenvalue weighted by atomic mass is 16.6. The third-order valence-corrected chi connectivity index (χ3v) is 9.52. The normalized spacial score (nSPS) is 12.0. The molecule has 0 aliphatic carbocycles. The van der Waals surface area contributed by atoms with Crippen LogP contribution in [0.5, 0.6) is 0 Å². The fourth-order valence-electron chi connectivity index (χ4n) is 6.20. The lowest BCUT2D eigenvalue weighted by Gasteiger charge is -2.18. The summed E-state index contributed by atoms with van der Waals surface area (Å²) in [7, 11) is 0. The highest BCUT2D eigenvalue weighted by molar-refractivity contribution is 5.71. The maximum atomic E-state index is 12.6. The fourth-order valence-corrected chi connectivity index (χ4v) is 6.20. The van der Waals surface area contributed by atoms with E-state index in [-0.39, 0.29) is 31.1 Å². The Morgan fingerprint density at radius 1 is 0.380 bits per heavy atom. The number of carbonyl (C=O) groups excluding carboxylic acids is 3. The van der Waals surface area contributed by atoms with Crippen LogP contribution in [0.2, 0.25) is 0 Å². The molecule has 0 bridgehead atoms. The van der Waals surface area contributed by atoms with Gasteiger partial charge in [-0.05, 0) is 44.9 Å². The molecule has 0 aliphatic rings. The molecule has 0 aromatic carbocycles. The molecule has 0 saturated heterocycles. The highest BCUT2D eigenvalue weighted by Crippen LogP contribution is 2.14. The average molecular weight is 707 g/mol. The van der Waals surface area contributed by atoms with Crippen molar-refractivity contribution in [2.24, 2.45) is 0 Å². The van der Waals surface area contributed by atoms with Crippen molar-refractivity contribution in [3.05, 3.63) is 12.2 Å². The highest BCUT2D eigenvalue weighted by Gasteiger charge is 2.19. The minimum atomic E-state index is -0.762. The summed E-state index contributed by atoms with van der Waals surface area (Å²) in [5.74, 6) is -0.881. The van der Waals surface area contributed by atoms with E-state index >= 15 is 0 Å². The third-order valence-electron chi connectivity index (χ3n) is 9.52. The van der Waals surface area contributed by atoms with Crippen LogP contribution in [0.4, 0.5) is 0 Å². The number of carbonyl (C=O) groups is 3. The van der Waals surface area contributed by atoms with Gasteiger partial charge >= 0.3 is 17.9 Å². The van der Waals surface area contributed by atoms with Crippen molar-refractivity contribution < 1.29 is 28.6 Å². The first-order chi connectivity index (χ1) is 24.5. The van der Waals surface area contributed by atoms with Crippen LogP contribution < -0.4 is 0 Å². The predicted molar refractivity (Wildman–Crippen MR) is 210 cm³/mol. The van der Waals surface area contributed by atoms with E-state index in [1.54, 1.807) is 0 Å². The Morgan fingerprint density at radius 3 is 1.00 bits per heavy atom. The second kappa shape index (κ2) is 39.9. The monoisotopic (exact) mass is 707 g/mol. The summed E-state index contributed by atoms with van der Waals surface area (Å²) in [5, 5.41) is 0. The Labute approximate surface area is 310 Å². The van der Waals surface area contributed by atoms with E-state index in [1.165, 1.54) is 128 Å². The minimum Gasteiger partial charge on any atom is -0.462 e. The molecule has 294 valence electrons. The summed E-state index contributed by atoms with van der Waals surface area (Å²) in [6.07, 6.45) is 40.6. The lowest BCUT2D eigenvalue weighted by molar-refractivity contribution is -0.167. The van der Waals surface area contributed by atoms with Gasteiger partial charge in [0.25, 0.3) is 0 Å². The van der Waals surface area contributed by atoms with E-state index in [0.29, 0.717) is 19.3 Å². The van der Waals surface area contributed by atoms with Gasteiger partial charge in [0.15, 0.2) is 6.10 Å². The molecule has 0 aromatic rings. The topological polar surface area (TPSA) is 78.9 Å². The zero-order chi connectivity index (χ0) is 36.6. The quantitative estimate of drug-likeness (QED) is 0.0274. The maximum absolute atomic E-state index is 12.6. The van der Waals surface area contributed by atoms with Gasteiger partial charge in [0.05, 0.1) is 0 Å². The number of esters is 3. The molecule has 0 amide bonds. The van der Waals surface area contributed by atoms with Crippen LogP contribution in [0.25, 0.3) is 0 Å². The Hall–Kier alpha value is -1.85. The van der Waals surface area contributed by atoms with E-state index < -0.39 is 6.10 Å². The second-order valence-corrected chi connectivity index (χ2v) is 14.6. The van der Waals surface area contributed by atoms with Gasteiger partial charge in [0, 0.05) is 19.3 Å². The van der Waals surface area contributed by atoms with Gasteiger partial charge in [0.1, 0.15) is 13.2 Å². The van der Waals surface area contributed by atoms with Crippen LogP contribution in [0.15, 0.2) is 12.2 Å². The zero-order valence-corrected chi connectivity index (χ0v) is 33.4. The molecule has 1 atom stereocenters. The number of allylic oxidation sites excluding steroid dienone is 2. The molecular weight excluding hydrogens is 624 g/mol. The van der Waals surface area contributed by atoms with Gasteiger partial charge < -0.3 is 14.2 Å². The molecule has 0 rings (SSSR count). The number of unbranched alkanes of at least 4 members (excludes halogenated alkanes) is 26. The van der Waals surface area contributed by atoms with Crippen molar-refractivity contribution in [3.8, 4) is 0 Å². The van der Waals surface area contributed by atoms with Crippen molar-refractivity contribution in [1.82, 2.24) is 0 Å². The number of hydrogen-bond donors (Lipinski definition) is 0. The van der Waals surface area contributed by atoms with Gasteiger partial charge in [-0.1, -0.05) is 181 Å². The lowest BCUT2D eigenvalue weighted by atomic mass is 10.1. The largest absolute Gasteiger partial charge is 0.462 e. The van der Waals surface area contributed by atoms with Gasteiger partial charge in [-0.25, -0.2) is 0 Å². The van der Waals surface area contributed by atoms with Crippen LogP contribution >= 0.6 is 0 Å². The zero-order valence-electron chi connectivity index (χ0n) is 33.4. The van der Waals surface area contributed by atoms with E-state index in [2.05, 4.69) is 32.9 Å². The van der Waals surface area contributed by atoms with E-state index in [1.807, 2.05) is 0 Å². The van der Waals surface area contributed by atoms with Crippen molar-refractivity contribution in [2.75, 3.05) is 13.2 Å². The maximum Gasteiger partial charge on any atom is 0.306 e. The third kappa shape index (κ3) is 37.4. The first-order valence-corrected chi connectivity index (χ1v) is 21.7. The average Bonchev–Trinajstić information content (AvgIpc) is 3.11. The Balaban J connectivity index is 4.30. The molecule has 0 N–H and O–H groups in total. The molecule has 0 fully saturated rings. The van der Waals surface area contributed by atoms with Crippen LogP contribution in [0.3, 0.4) is 0 Å². The second-order valence-electron chi connectivity index (χ2n) is 14.6. The van der Waals surface area contributed by atoms with Crippen molar-refractivity contribution in [1.29, 1.82) is 0 Å². The molecule has 1 unspecified atom stereocenters. The van der Waals surface area contributed by atoms with Crippen LogP contribution in [-0.4, -0.2) is 37.2 Å². The van der Waals surface area contributed by atoms with Crippen molar-refractivity contribution in [2.45, 2.75) is 239 Å². The molecule has 0 heterocycles. The first-order valence-electron chi connectivity index (χ1n) is 21.7. The van der Waals surface area contributed by atoms with Gasteiger partial charge in [-0.3, -0.25) is 14.4 Å². The molecule has 6 nitrogen and oxygen atoms in total. The fraction of sp³-hybridized carbons (Fsp3) is 0.886. The molecule has 0 spiro atoms. The van der Waals surface area contributed by atoms with Gasteiger partial charge in [0.2, 0.25) is 0 Å². The smallest absolute Gasteiger partial charge is 0.306 e. The minimum absolute atomic E-state index is 0.0695. The predicted octanol–water partition coefficient (Wildman–Crippen LogP) is 13.5. The molecule has 0 radical (unpaired) electrons. The van der Waals surface area contributed by atoms with Crippen LogP contribution in [0.1, 0.15) is 233 Å². The van der Waals surface area contributed by atoms with E-state index in [0.717, 1.165) is 64.2 Å². The van der Waals surface area contributed by atoms with Gasteiger partial charge in [-0.2, -0.15) is 0 Å². The summed E-state index contributed by atoms with van der Waals surface area (Å²) in [4.78, 5) is 37.5. The summed E-state index contributed by atoms with van der Waals surface area (Å²) in [6.45, 7) is 6.57. The summed E-state index contributed by atoms with van der Waals surface area (Å²) >= 11 is 0. The molecule has 6 heteroatoms. The van der Waals surface area contributed by atoms with Gasteiger partial charge in [-0.15, -0.1) is 0 Å².